The largest absolute Gasteiger partial charge is 0.451 e. The Morgan fingerprint density at radius 3 is 2.59 bits per heavy atom. The highest BCUT2D eigenvalue weighted by Crippen LogP contribution is 2.30. The lowest BCUT2D eigenvalue weighted by Crippen LogP contribution is -2.25. The van der Waals surface area contributed by atoms with Gasteiger partial charge in [-0.2, -0.15) is 0 Å². The minimum Gasteiger partial charge on any atom is -0.451 e. The van der Waals surface area contributed by atoms with Crippen LogP contribution in [0.15, 0.2) is 48.5 Å². The van der Waals surface area contributed by atoms with Gasteiger partial charge >= 0.3 is 5.97 Å². The van der Waals surface area contributed by atoms with E-state index in [9.17, 15) is 14.0 Å². The zero-order chi connectivity index (χ0) is 19.0. The number of aromatic nitrogens is 1. The molecule has 1 heterocycles. The maximum absolute atomic E-state index is 13.1. The van der Waals surface area contributed by atoms with Gasteiger partial charge in [0.05, 0.1) is 11.1 Å². The summed E-state index contributed by atoms with van der Waals surface area (Å²) < 4.78 is 18.6. The number of fused-ring (bicyclic) bond motifs is 2. The number of halogens is 1. The molecule has 1 atom stereocenters. The molecular formula is C22H18FNO3. The molecule has 4 nitrogen and oxygen atoms in total. The third-order valence-corrected chi connectivity index (χ3v) is 4.91. The van der Waals surface area contributed by atoms with Crippen molar-refractivity contribution in [3.63, 3.8) is 0 Å². The van der Waals surface area contributed by atoms with Crippen LogP contribution in [0.1, 0.15) is 45.3 Å². The monoisotopic (exact) mass is 363 g/mol. The van der Waals surface area contributed by atoms with E-state index in [1.807, 2.05) is 24.3 Å². The number of carbonyl (C=O) groups excluding carboxylic acids is 2. The summed E-state index contributed by atoms with van der Waals surface area (Å²) in [6, 6.07) is 12.7. The average Bonchev–Trinajstić information content (AvgIpc) is 3.13. The van der Waals surface area contributed by atoms with Crippen molar-refractivity contribution in [1.29, 1.82) is 0 Å². The second-order valence-corrected chi connectivity index (χ2v) is 6.70. The van der Waals surface area contributed by atoms with Gasteiger partial charge in [-0.1, -0.05) is 18.2 Å². The van der Waals surface area contributed by atoms with Crippen LogP contribution in [0.2, 0.25) is 0 Å². The van der Waals surface area contributed by atoms with Crippen LogP contribution in [0.5, 0.6) is 0 Å². The molecular weight excluding hydrogens is 345 g/mol. The number of hydrogen-bond donors (Lipinski definition) is 0. The molecule has 0 saturated carbocycles. The standard InChI is InChI=1S/C22H18FNO3/c1-13(21(25)14-9-11-15(23)12-10-14)27-22(26)20-16-5-2-3-7-18(16)24-19-8-4-6-17(19)20/h2-3,5,7,9-13H,4,6,8H2,1H3/t13-/m0/s1. The summed E-state index contributed by atoms with van der Waals surface area (Å²) in [5, 5.41) is 0.740. The van der Waals surface area contributed by atoms with Crippen LogP contribution in [0.4, 0.5) is 4.39 Å². The number of esters is 1. The van der Waals surface area contributed by atoms with Crippen molar-refractivity contribution < 1.29 is 18.7 Å². The maximum Gasteiger partial charge on any atom is 0.339 e. The van der Waals surface area contributed by atoms with Crippen molar-refractivity contribution in [2.24, 2.45) is 0 Å². The summed E-state index contributed by atoms with van der Waals surface area (Å²) in [6.45, 7) is 1.53. The lowest BCUT2D eigenvalue weighted by molar-refractivity contribution is 0.0319. The number of nitrogens with zero attached hydrogens (tertiary/aromatic N) is 1. The Balaban J connectivity index is 1.65. The first-order chi connectivity index (χ1) is 13.0. The van der Waals surface area contributed by atoms with Crippen LogP contribution in [0.3, 0.4) is 0 Å². The Morgan fingerprint density at radius 1 is 1.07 bits per heavy atom. The molecule has 0 fully saturated rings. The van der Waals surface area contributed by atoms with Crippen LogP contribution in [0, 0.1) is 5.82 Å². The predicted molar refractivity (Wildman–Crippen MR) is 99.4 cm³/mol. The molecule has 4 rings (SSSR count). The first kappa shape index (κ1) is 17.3. The number of Topliss-reactive ketones (excluding diaryl/α,β-unsaturated/α-hetero) is 1. The Morgan fingerprint density at radius 2 is 1.81 bits per heavy atom. The summed E-state index contributed by atoms with van der Waals surface area (Å²) in [5.74, 6) is -1.30. The van der Waals surface area contributed by atoms with Gasteiger partial charge < -0.3 is 4.74 Å². The van der Waals surface area contributed by atoms with E-state index in [1.54, 1.807) is 0 Å². The topological polar surface area (TPSA) is 56.3 Å². The first-order valence-electron chi connectivity index (χ1n) is 8.96. The SMILES string of the molecule is C[C@H](OC(=O)c1c2c(nc3ccccc13)CCC2)C(=O)c1ccc(F)cc1. The molecule has 0 bridgehead atoms. The highest BCUT2D eigenvalue weighted by molar-refractivity contribution is 6.07. The van der Waals surface area contributed by atoms with E-state index in [1.165, 1.54) is 31.2 Å². The van der Waals surface area contributed by atoms with E-state index in [0.717, 1.165) is 41.4 Å². The van der Waals surface area contributed by atoms with Crippen LogP contribution in [-0.4, -0.2) is 22.8 Å². The summed E-state index contributed by atoms with van der Waals surface area (Å²) in [5.41, 5.74) is 3.41. The molecule has 0 spiro atoms. The van der Waals surface area contributed by atoms with E-state index in [-0.39, 0.29) is 5.78 Å². The molecule has 1 aliphatic carbocycles. The van der Waals surface area contributed by atoms with Crippen molar-refractivity contribution in [1.82, 2.24) is 4.98 Å². The van der Waals surface area contributed by atoms with E-state index in [4.69, 9.17) is 4.74 Å². The van der Waals surface area contributed by atoms with Crippen molar-refractivity contribution in [3.05, 3.63) is 76.7 Å². The molecule has 3 aromatic rings. The molecule has 1 aliphatic rings. The van der Waals surface area contributed by atoms with E-state index in [2.05, 4.69) is 4.98 Å². The number of benzene rings is 2. The molecule has 0 amide bonds. The number of rotatable bonds is 4. The number of ketones is 1. The van der Waals surface area contributed by atoms with E-state index in [0.29, 0.717) is 11.1 Å². The van der Waals surface area contributed by atoms with Crippen LogP contribution in [-0.2, 0) is 17.6 Å². The molecule has 0 N–H and O–H groups in total. The fourth-order valence-electron chi connectivity index (χ4n) is 3.57. The van der Waals surface area contributed by atoms with Gasteiger partial charge in [0.15, 0.2) is 6.10 Å². The summed E-state index contributed by atoms with van der Waals surface area (Å²) in [4.78, 5) is 30.1. The minimum atomic E-state index is -0.966. The van der Waals surface area contributed by atoms with Crippen LogP contribution in [0.25, 0.3) is 10.9 Å². The lowest BCUT2D eigenvalue weighted by atomic mass is 10.0. The molecule has 1 aromatic heterocycles. The van der Waals surface area contributed by atoms with Crippen LogP contribution < -0.4 is 0 Å². The van der Waals surface area contributed by atoms with E-state index >= 15 is 0 Å². The minimum absolute atomic E-state index is 0.307. The van der Waals surface area contributed by atoms with Gasteiger partial charge in [-0.25, -0.2) is 9.18 Å². The molecule has 2 aromatic carbocycles. The number of hydrogen-bond acceptors (Lipinski definition) is 4. The van der Waals surface area contributed by atoms with Gasteiger partial charge in [-0.15, -0.1) is 0 Å². The number of carbonyl (C=O) groups is 2. The van der Waals surface area contributed by atoms with Crippen molar-refractivity contribution >= 4 is 22.7 Å². The second kappa shape index (κ2) is 6.91. The maximum atomic E-state index is 13.1. The zero-order valence-electron chi connectivity index (χ0n) is 14.9. The molecule has 136 valence electrons. The van der Waals surface area contributed by atoms with Gasteiger partial charge in [-0.05, 0) is 62.1 Å². The molecule has 27 heavy (non-hydrogen) atoms. The summed E-state index contributed by atoms with van der Waals surface area (Å²) >= 11 is 0. The fraction of sp³-hybridized carbons (Fsp3) is 0.227. The molecule has 0 saturated heterocycles. The Hall–Kier alpha value is -3.08. The Kier molecular flexibility index (Phi) is 4.44. The first-order valence-corrected chi connectivity index (χ1v) is 8.96. The lowest BCUT2D eigenvalue weighted by Gasteiger charge is -2.16. The Bertz CT molecular complexity index is 1040. The number of para-hydroxylation sites is 1. The number of ether oxygens (including phenoxy) is 1. The fourth-order valence-corrected chi connectivity index (χ4v) is 3.57. The van der Waals surface area contributed by atoms with Gasteiger partial charge in [0, 0.05) is 16.6 Å². The van der Waals surface area contributed by atoms with Crippen molar-refractivity contribution in [3.8, 4) is 0 Å². The highest BCUT2D eigenvalue weighted by atomic mass is 19.1. The third kappa shape index (κ3) is 3.21. The Labute approximate surface area is 156 Å². The smallest absolute Gasteiger partial charge is 0.339 e. The quantitative estimate of drug-likeness (QED) is 0.512. The normalized spacial score (nSPS) is 14.0. The van der Waals surface area contributed by atoms with Gasteiger partial charge in [-0.3, -0.25) is 9.78 Å². The second-order valence-electron chi connectivity index (χ2n) is 6.70. The summed E-state index contributed by atoms with van der Waals surface area (Å²) in [6.07, 6.45) is 1.60. The third-order valence-electron chi connectivity index (χ3n) is 4.91. The molecule has 5 heteroatoms. The van der Waals surface area contributed by atoms with Gasteiger partial charge in [0.1, 0.15) is 5.82 Å². The average molecular weight is 363 g/mol. The predicted octanol–water partition coefficient (Wildman–Crippen LogP) is 4.29. The van der Waals surface area contributed by atoms with Crippen molar-refractivity contribution in [2.75, 3.05) is 0 Å². The number of pyridine rings is 1. The molecule has 0 unspecified atom stereocenters. The van der Waals surface area contributed by atoms with Crippen LogP contribution >= 0.6 is 0 Å². The van der Waals surface area contributed by atoms with E-state index < -0.39 is 17.9 Å². The summed E-state index contributed by atoms with van der Waals surface area (Å²) in [7, 11) is 0. The number of aryl methyl sites for hydroxylation is 1. The highest BCUT2D eigenvalue weighted by Gasteiger charge is 2.27. The molecule has 0 aliphatic heterocycles. The van der Waals surface area contributed by atoms with Crippen molar-refractivity contribution in [2.45, 2.75) is 32.3 Å². The zero-order valence-corrected chi connectivity index (χ0v) is 14.9. The van der Waals surface area contributed by atoms with Gasteiger partial charge in [0.2, 0.25) is 5.78 Å². The van der Waals surface area contributed by atoms with Gasteiger partial charge in [0.25, 0.3) is 0 Å². The molecule has 0 radical (unpaired) electrons.